The molecule has 4 rings (SSSR count). The summed E-state index contributed by atoms with van der Waals surface area (Å²) < 4.78 is 0.795. The van der Waals surface area contributed by atoms with Gasteiger partial charge >= 0.3 is 0 Å². The maximum atomic E-state index is 13.5. The van der Waals surface area contributed by atoms with E-state index in [0.29, 0.717) is 23.5 Å². The Morgan fingerprint density at radius 1 is 1.22 bits per heavy atom. The van der Waals surface area contributed by atoms with Gasteiger partial charge in [0.2, 0.25) is 5.91 Å². The highest BCUT2D eigenvalue weighted by atomic mass is 79.9. The largest absolute Gasteiger partial charge is 0.324 e. The molecule has 2 aromatic rings. The lowest BCUT2D eigenvalue weighted by Gasteiger charge is -2.36. The maximum absolute atomic E-state index is 13.5. The van der Waals surface area contributed by atoms with Crippen LogP contribution in [0.3, 0.4) is 0 Å². The molecule has 7 heteroatoms. The van der Waals surface area contributed by atoms with Crippen LogP contribution in [0.4, 0.5) is 5.69 Å². The molecule has 1 fully saturated rings. The van der Waals surface area contributed by atoms with Crippen molar-refractivity contribution in [1.29, 1.82) is 10.5 Å². The first-order chi connectivity index (χ1) is 12.9. The van der Waals surface area contributed by atoms with Crippen LogP contribution in [0.1, 0.15) is 55.4 Å². The molecule has 0 aliphatic heterocycles. The van der Waals surface area contributed by atoms with E-state index >= 15 is 0 Å². The molecule has 2 atom stereocenters. The van der Waals surface area contributed by atoms with E-state index in [9.17, 15) is 15.3 Å². The summed E-state index contributed by atoms with van der Waals surface area (Å²) in [4.78, 5) is 22.4. The van der Waals surface area contributed by atoms with E-state index < -0.39 is 10.8 Å². The van der Waals surface area contributed by atoms with E-state index in [1.165, 1.54) is 0 Å². The number of carbonyl (C=O) groups is 1. The Hall–Kier alpha value is -2.77. The molecule has 1 amide bonds. The lowest BCUT2D eigenvalue weighted by Crippen LogP contribution is -2.46. The van der Waals surface area contributed by atoms with E-state index in [1.54, 1.807) is 0 Å². The van der Waals surface area contributed by atoms with Gasteiger partial charge in [-0.3, -0.25) is 4.79 Å². The third kappa shape index (κ3) is 2.18. The molecule has 0 saturated heterocycles. The van der Waals surface area contributed by atoms with Crippen LogP contribution in [0, 0.1) is 28.1 Å². The second-order valence-electron chi connectivity index (χ2n) is 7.53. The molecule has 134 valence electrons. The summed E-state index contributed by atoms with van der Waals surface area (Å²) in [5.74, 6) is -0.117. The molecule has 2 aliphatic rings. The average molecular weight is 422 g/mol. The molecule has 2 aliphatic carbocycles. The minimum atomic E-state index is -0.880. The fourth-order valence-corrected chi connectivity index (χ4v) is 5.09. The molecule has 2 unspecified atom stereocenters. The van der Waals surface area contributed by atoms with Crippen molar-refractivity contribution in [2.75, 3.05) is 5.32 Å². The minimum absolute atomic E-state index is 0.0207. The molecule has 0 radical (unpaired) electrons. The van der Waals surface area contributed by atoms with Crippen molar-refractivity contribution in [3.8, 4) is 12.1 Å². The number of nitrogens with zero attached hydrogens (tertiary/aromatic N) is 4. The molecule has 6 nitrogen and oxygen atoms in total. The van der Waals surface area contributed by atoms with Crippen molar-refractivity contribution in [1.82, 2.24) is 9.97 Å². The first-order valence-electron chi connectivity index (χ1n) is 8.65. The normalized spacial score (nSPS) is 24.0. The van der Waals surface area contributed by atoms with E-state index in [0.717, 1.165) is 10.9 Å². The van der Waals surface area contributed by atoms with Crippen LogP contribution in [0.25, 0.3) is 0 Å². The van der Waals surface area contributed by atoms with Gasteiger partial charge in [-0.2, -0.15) is 10.5 Å². The number of anilines is 1. The summed E-state index contributed by atoms with van der Waals surface area (Å²) in [6, 6.07) is 11.3. The summed E-state index contributed by atoms with van der Waals surface area (Å²) in [5.41, 5.74) is 0.629. The molecule has 1 heterocycles. The van der Waals surface area contributed by atoms with Gasteiger partial charge in [-0.15, -0.1) is 0 Å². The van der Waals surface area contributed by atoms with Gasteiger partial charge in [0.05, 0.1) is 22.5 Å². The number of aromatic nitrogens is 2. The Balaban J connectivity index is 1.88. The zero-order valence-electron chi connectivity index (χ0n) is 14.9. The van der Waals surface area contributed by atoms with Crippen LogP contribution in [0.15, 0.2) is 28.7 Å². The maximum Gasteiger partial charge on any atom is 0.237 e. The quantitative estimate of drug-likeness (QED) is 0.794. The summed E-state index contributed by atoms with van der Waals surface area (Å²) in [5, 5.41) is 21.7. The first kappa shape index (κ1) is 17.6. The highest BCUT2D eigenvalue weighted by Gasteiger charge is 2.68. The number of carbonyl (C=O) groups excluding carboxylic acids is 1. The minimum Gasteiger partial charge on any atom is -0.324 e. The number of nitriles is 2. The van der Waals surface area contributed by atoms with Crippen LogP contribution < -0.4 is 5.32 Å². The van der Waals surface area contributed by atoms with Crippen molar-refractivity contribution in [2.45, 2.75) is 38.0 Å². The molecule has 1 saturated carbocycles. The predicted molar refractivity (Wildman–Crippen MR) is 102 cm³/mol. The van der Waals surface area contributed by atoms with E-state index in [-0.39, 0.29) is 23.2 Å². The van der Waals surface area contributed by atoms with Gasteiger partial charge in [0.1, 0.15) is 12.1 Å². The van der Waals surface area contributed by atoms with Crippen LogP contribution in [0.5, 0.6) is 0 Å². The molecular weight excluding hydrogens is 406 g/mol. The number of benzene rings is 1. The lowest BCUT2D eigenvalue weighted by molar-refractivity contribution is -0.124. The van der Waals surface area contributed by atoms with Crippen molar-refractivity contribution in [3.05, 3.63) is 51.5 Å². The highest BCUT2D eigenvalue weighted by molar-refractivity contribution is 9.10. The second-order valence-corrected chi connectivity index (χ2v) is 8.38. The van der Waals surface area contributed by atoms with Crippen molar-refractivity contribution in [3.63, 3.8) is 0 Å². The highest BCUT2D eigenvalue weighted by Crippen LogP contribution is 2.67. The van der Waals surface area contributed by atoms with Crippen LogP contribution in [-0.2, 0) is 10.2 Å². The van der Waals surface area contributed by atoms with Gasteiger partial charge in [-0.05, 0) is 46.3 Å². The van der Waals surface area contributed by atoms with E-state index in [1.807, 2.05) is 50.3 Å². The molecule has 1 N–H and O–H groups in total. The first-order valence-corrected chi connectivity index (χ1v) is 9.44. The van der Waals surface area contributed by atoms with Gasteiger partial charge in [0, 0.05) is 10.4 Å². The van der Waals surface area contributed by atoms with E-state index in [2.05, 4.69) is 31.2 Å². The summed E-state index contributed by atoms with van der Waals surface area (Å²) in [6.07, 6.45) is 1.44. The Labute approximate surface area is 165 Å². The molecule has 0 spiro atoms. The third-order valence-corrected chi connectivity index (χ3v) is 6.85. The van der Waals surface area contributed by atoms with Gasteiger partial charge in [-0.25, -0.2) is 9.97 Å². The van der Waals surface area contributed by atoms with Crippen LogP contribution in [0.2, 0.25) is 0 Å². The molecular formula is C20H16BrN5O. The zero-order chi connectivity index (χ0) is 19.4. The fourth-order valence-electron chi connectivity index (χ4n) is 4.71. The molecule has 1 aromatic carbocycles. The van der Waals surface area contributed by atoms with Gasteiger partial charge < -0.3 is 5.32 Å². The predicted octanol–water partition coefficient (Wildman–Crippen LogP) is 3.78. The number of rotatable bonds is 2. The van der Waals surface area contributed by atoms with Crippen molar-refractivity contribution < 1.29 is 4.79 Å². The number of halogens is 1. The Morgan fingerprint density at radius 3 is 2.56 bits per heavy atom. The monoisotopic (exact) mass is 421 g/mol. The average Bonchev–Trinajstić information content (AvgIpc) is 3.04. The number of nitrogens with one attached hydrogen (secondary N) is 1. The van der Waals surface area contributed by atoms with E-state index in [4.69, 9.17) is 0 Å². The Kier molecular flexibility index (Phi) is 3.83. The number of amides is 1. The topological polar surface area (TPSA) is 102 Å². The SMILES string of the molecule is CC1(C)C2CCC1(C(=O)Nc1ccccc1Br)c1nc(C#N)c(C#N)nc12. The summed E-state index contributed by atoms with van der Waals surface area (Å²) >= 11 is 3.46. The Morgan fingerprint density at radius 2 is 1.89 bits per heavy atom. The van der Waals surface area contributed by atoms with Crippen LogP contribution in [-0.4, -0.2) is 15.9 Å². The third-order valence-electron chi connectivity index (χ3n) is 6.16. The van der Waals surface area contributed by atoms with Crippen LogP contribution >= 0.6 is 15.9 Å². The van der Waals surface area contributed by atoms with Gasteiger partial charge in [0.15, 0.2) is 11.4 Å². The number of fused-ring (bicyclic) bond motifs is 5. The molecule has 27 heavy (non-hydrogen) atoms. The lowest BCUT2D eigenvalue weighted by atomic mass is 9.67. The zero-order valence-corrected chi connectivity index (χ0v) is 16.5. The Bertz CT molecular complexity index is 1070. The molecule has 1 aromatic heterocycles. The fraction of sp³-hybridized carbons (Fsp3) is 0.350. The van der Waals surface area contributed by atoms with Crippen molar-refractivity contribution in [2.24, 2.45) is 5.41 Å². The van der Waals surface area contributed by atoms with Gasteiger partial charge in [0.25, 0.3) is 0 Å². The summed E-state index contributed by atoms with van der Waals surface area (Å²) in [7, 11) is 0. The van der Waals surface area contributed by atoms with Gasteiger partial charge in [-0.1, -0.05) is 26.0 Å². The standard InChI is InChI=1S/C20H16BrN5O/c1-19(2)11-7-8-20(19,18(27)26-13-6-4-3-5-12(13)21)17-16(11)24-14(9-22)15(10-23)25-17/h3-6,11H,7-8H2,1-2H3,(H,26,27). The smallest absolute Gasteiger partial charge is 0.237 e. The summed E-state index contributed by atoms with van der Waals surface area (Å²) in [6.45, 7) is 4.09. The molecule has 2 bridgehead atoms. The number of hydrogen-bond donors (Lipinski definition) is 1. The number of para-hydroxylation sites is 1. The second kappa shape index (κ2) is 5.87. The number of hydrogen-bond acceptors (Lipinski definition) is 5. The van der Waals surface area contributed by atoms with Crippen molar-refractivity contribution >= 4 is 27.5 Å².